The van der Waals surface area contributed by atoms with Crippen LogP contribution in [0, 0.1) is 0 Å². The maximum atomic E-state index is 12.4. The average molecular weight is 277 g/mol. The van der Waals surface area contributed by atoms with Gasteiger partial charge in [0.1, 0.15) is 0 Å². The van der Waals surface area contributed by atoms with Gasteiger partial charge < -0.3 is 5.32 Å². The minimum atomic E-state index is -3.28. The second kappa shape index (κ2) is 6.84. The smallest absolute Gasteiger partial charge is 0.282 e. The van der Waals surface area contributed by atoms with Gasteiger partial charge in [-0.3, -0.25) is 0 Å². The van der Waals surface area contributed by atoms with Crippen LogP contribution in [-0.2, 0) is 10.2 Å². The molecule has 1 saturated heterocycles. The highest BCUT2D eigenvalue weighted by atomic mass is 32.2. The molecule has 0 bridgehead atoms. The van der Waals surface area contributed by atoms with Crippen molar-refractivity contribution in [1.29, 1.82) is 0 Å². The molecule has 108 valence electrons. The zero-order valence-electron chi connectivity index (χ0n) is 12.0. The number of hydrogen-bond acceptors (Lipinski definition) is 3. The molecule has 1 aliphatic rings. The molecule has 1 fully saturated rings. The molecule has 0 aromatic heterocycles. The first-order chi connectivity index (χ1) is 8.39. The van der Waals surface area contributed by atoms with E-state index < -0.39 is 10.2 Å². The van der Waals surface area contributed by atoms with Crippen molar-refractivity contribution >= 4 is 10.2 Å². The number of piperidine rings is 1. The van der Waals surface area contributed by atoms with Gasteiger partial charge in [-0.1, -0.05) is 27.2 Å². The van der Waals surface area contributed by atoms with E-state index >= 15 is 0 Å². The fourth-order valence-electron chi connectivity index (χ4n) is 2.20. The van der Waals surface area contributed by atoms with Crippen molar-refractivity contribution in [2.24, 2.45) is 0 Å². The Kier molecular flexibility index (Phi) is 6.04. The summed E-state index contributed by atoms with van der Waals surface area (Å²) in [6.07, 6.45) is 3.04. The van der Waals surface area contributed by atoms with E-state index in [1.54, 1.807) is 11.4 Å². The van der Waals surface area contributed by atoms with E-state index in [9.17, 15) is 8.42 Å². The van der Waals surface area contributed by atoms with Gasteiger partial charge in [0.15, 0.2) is 0 Å². The van der Waals surface area contributed by atoms with Gasteiger partial charge in [0.2, 0.25) is 0 Å². The van der Waals surface area contributed by atoms with Crippen molar-refractivity contribution in [3.8, 4) is 0 Å². The van der Waals surface area contributed by atoms with Crippen molar-refractivity contribution in [2.45, 2.75) is 52.1 Å². The van der Waals surface area contributed by atoms with Crippen LogP contribution >= 0.6 is 0 Å². The maximum absolute atomic E-state index is 12.4. The number of rotatable bonds is 6. The van der Waals surface area contributed by atoms with Gasteiger partial charge in [0.05, 0.1) is 0 Å². The van der Waals surface area contributed by atoms with Crippen LogP contribution in [0.15, 0.2) is 0 Å². The Morgan fingerprint density at radius 1 is 1.39 bits per heavy atom. The predicted octanol–water partition coefficient (Wildman–Crippen LogP) is 1.04. The molecule has 6 heteroatoms. The SMILES string of the molecule is CCN(C)S(=O)(=O)N1CCCCC1CNC(C)C. The topological polar surface area (TPSA) is 52.7 Å². The van der Waals surface area contributed by atoms with Crippen molar-refractivity contribution < 1.29 is 8.42 Å². The third kappa shape index (κ3) is 3.91. The summed E-state index contributed by atoms with van der Waals surface area (Å²) in [6.45, 7) is 7.94. The highest BCUT2D eigenvalue weighted by molar-refractivity contribution is 7.86. The van der Waals surface area contributed by atoms with Crippen LogP contribution in [0.2, 0.25) is 0 Å². The summed E-state index contributed by atoms with van der Waals surface area (Å²) in [4.78, 5) is 0. The minimum absolute atomic E-state index is 0.0974. The summed E-state index contributed by atoms with van der Waals surface area (Å²) < 4.78 is 27.9. The maximum Gasteiger partial charge on any atom is 0.282 e. The first kappa shape index (κ1) is 15.9. The van der Waals surface area contributed by atoms with E-state index in [0.717, 1.165) is 25.8 Å². The second-order valence-electron chi connectivity index (χ2n) is 5.25. The van der Waals surface area contributed by atoms with Crippen molar-refractivity contribution in [3.63, 3.8) is 0 Å². The lowest BCUT2D eigenvalue weighted by Gasteiger charge is -2.37. The Morgan fingerprint density at radius 2 is 2.06 bits per heavy atom. The summed E-state index contributed by atoms with van der Waals surface area (Å²) >= 11 is 0. The van der Waals surface area contributed by atoms with Gasteiger partial charge in [-0.05, 0) is 12.8 Å². The van der Waals surface area contributed by atoms with Gasteiger partial charge in [-0.25, -0.2) is 0 Å². The fourth-order valence-corrected chi connectivity index (χ4v) is 3.80. The van der Waals surface area contributed by atoms with Gasteiger partial charge >= 0.3 is 0 Å². The van der Waals surface area contributed by atoms with Crippen LogP contribution in [0.3, 0.4) is 0 Å². The third-order valence-corrected chi connectivity index (χ3v) is 5.59. The number of hydrogen-bond donors (Lipinski definition) is 1. The molecule has 1 atom stereocenters. The molecule has 0 aromatic rings. The molecular formula is C12H27N3O2S. The molecule has 1 unspecified atom stereocenters. The first-order valence-electron chi connectivity index (χ1n) is 6.86. The standard InChI is InChI=1S/C12H27N3O2S/c1-5-14(4)18(16,17)15-9-7-6-8-12(15)10-13-11(2)3/h11-13H,5-10H2,1-4H3. The number of nitrogens with zero attached hydrogens (tertiary/aromatic N) is 2. The van der Waals surface area contributed by atoms with Crippen LogP contribution < -0.4 is 5.32 Å². The molecule has 0 spiro atoms. The minimum Gasteiger partial charge on any atom is -0.313 e. The molecule has 1 N–H and O–H groups in total. The molecule has 1 rings (SSSR count). The van der Waals surface area contributed by atoms with E-state index in [1.807, 2.05) is 6.92 Å². The number of nitrogens with one attached hydrogen (secondary N) is 1. The Labute approximate surface area is 112 Å². The van der Waals surface area contributed by atoms with E-state index in [-0.39, 0.29) is 6.04 Å². The summed E-state index contributed by atoms with van der Waals surface area (Å²) in [5, 5.41) is 3.35. The highest BCUT2D eigenvalue weighted by Gasteiger charge is 2.34. The van der Waals surface area contributed by atoms with Gasteiger partial charge in [-0.15, -0.1) is 0 Å². The molecule has 1 heterocycles. The van der Waals surface area contributed by atoms with E-state index in [0.29, 0.717) is 19.1 Å². The van der Waals surface area contributed by atoms with Crippen LogP contribution in [0.5, 0.6) is 0 Å². The zero-order chi connectivity index (χ0) is 13.8. The normalized spacial score (nSPS) is 22.9. The molecular weight excluding hydrogens is 250 g/mol. The molecule has 5 nitrogen and oxygen atoms in total. The van der Waals surface area contributed by atoms with Crippen LogP contribution in [0.4, 0.5) is 0 Å². The summed E-state index contributed by atoms with van der Waals surface area (Å²) in [7, 11) is -1.63. The lowest BCUT2D eigenvalue weighted by Crippen LogP contribution is -2.53. The lowest BCUT2D eigenvalue weighted by molar-refractivity contribution is 0.228. The fraction of sp³-hybridized carbons (Fsp3) is 1.00. The van der Waals surface area contributed by atoms with E-state index in [2.05, 4.69) is 19.2 Å². The summed E-state index contributed by atoms with van der Waals surface area (Å²) in [5.41, 5.74) is 0. The molecule has 18 heavy (non-hydrogen) atoms. The molecule has 0 amide bonds. The molecule has 1 aliphatic heterocycles. The van der Waals surface area contributed by atoms with Crippen molar-refractivity contribution in [2.75, 3.05) is 26.7 Å². The van der Waals surface area contributed by atoms with Crippen LogP contribution in [0.1, 0.15) is 40.0 Å². The van der Waals surface area contributed by atoms with E-state index in [1.165, 1.54) is 4.31 Å². The van der Waals surface area contributed by atoms with Crippen molar-refractivity contribution in [3.05, 3.63) is 0 Å². The largest absolute Gasteiger partial charge is 0.313 e. The zero-order valence-corrected chi connectivity index (χ0v) is 12.8. The van der Waals surface area contributed by atoms with Gasteiger partial charge in [0, 0.05) is 38.8 Å². The van der Waals surface area contributed by atoms with E-state index in [4.69, 9.17) is 0 Å². The molecule has 0 aliphatic carbocycles. The first-order valence-corrected chi connectivity index (χ1v) is 8.25. The lowest BCUT2D eigenvalue weighted by atomic mass is 10.0. The van der Waals surface area contributed by atoms with Gasteiger partial charge in [-0.2, -0.15) is 17.0 Å². The molecule has 0 aromatic carbocycles. The second-order valence-corrected chi connectivity index (χ2v) is 7.23. The third-order valence-electron chi connectivity index (χ3n) is 3.47. The Bertz CT molecular complexity index is 343. The monoisotopic (exact) mass is 277 g/mol. The summed E-state index contributed by atoms with van der Waals surface area (Å²) in [5.74, 6) is 0. The van der Waals surface area contributed by atoms with Crippen LogP contribution in [-0.4, -0.2) is 55.8 Å². The van der Waals surface area contributed by atoms with Crippen molar-refractivity contribution in [1.82, 2.24) is 13.9 Å². The van der Waals surface area contributed by atoms with Gasteiger partial charge in [0.25, 0.3) is 10.2 Å². The average Bonchev–Trinajstić information content (AvgIpc) is 2.35. The molecule has 0 saturated carbocycles. The quantitative estimate of drug-likeness (QED) is 0.789. The Hall–Kier alpha value is -0.170. The highest BCUT2D eigenvalue weighted by Crippen LogP contribution is 2.21. The summed E-state index contributed by atoms with van der Waals surface area (Å²) in [6, 6.07) is 0.487. The molecule has 0 radical (unpaired) electrons. The Balaban J connectivity index is 2.75. The Morgan fingerprint density at radius 3 is 2.61 bits per heavy atom. The van der Waals surface area contributed by atoms with Crippen LogP contribution in [0.25, 0.3) is 0 Å². The predicted molar refractivity (Wildman–Crippen MR) is 74.7 cm³/mol.